The second-order valence-electron chi connectivity index (χ2n) is 7.63. The fraction of sp³-hybridized carbons (Fsp3) is 0.346. The number of hydrogen-bond acceptors (Lipinski definition) is 1. The standard InChI is InChI=1S/C26H27N/c1-17-12-13-22(24-14-20-10-6-7-11-21(20)26(17)24)25-15-23(18(2)16-27-25)19-8-4-3-5-9-19/h6-7,10-13,15-16,19H,3-5,8-9,14H2,1-2H3/i1D3,2D3,19D. The molecule has 0 bridgehead atoms. The van der Waals surface area contributed by atoms with Crippen LogP contribution >= 0.6 is 0 Å². The van der Waals surface area contributed by atoms with Crippen molar-refractivity contribution < 1.29 is 9.60 Å². The first-order valence-electron chi connectivity index (χ1n) is 13.3. The van der Waals surface area contributed by atoms with Crippen LogP contribution in [0, 0.1) is 13.7 Å². The predicted octanol–water partition coefficient (Wildman–Crippen LogP) is 6.98. The van der Waals surface area contributed by atoms with Crippen molar-refractivity contribution in [2.75, 3.05) is 0 Å². The maximum atomic E-state index is 9.16. The number of hydrogen-bond donors (Lipinski definition) is 0. The molecule has 0 amide bonds. The van der Waals surface area contributed by atoms with Crippen LogP contribution in [-0.4, -0.2) is 4.98 Å². The molecule has 2 aliphatic carbocycles. The Morgan fingerprint density at radius 2 is 1.81 bits per heavy atom. The highest BCUT2D eigenvalue weighted by atomic mass is 14.7. The SMILES string of the molecule is [2H]C([2H])([2H])c1cnc(-c2ccc(C([2H])([2H])[2H])c3c2Cc2ccccc2-3)cc1C1([2H])CCCCC1. The van der Waals surface area contributed by atoms with Crippen molar-refractivity contribution in [1.82, 2.24) is 4.98 Å². The first-order valence-corrected chi connectivity index (χ1v) is 9.75. The van der Waals surface area contributed by atoms with Gasteiger partial charge in [0.05, 0.1) is 5.69 Å². The molecule has 1 fully saturated rings. The van der Waals surface area contributed by atoms with Gasteiger partial charge in [-0.25, -0.2) is 0 Å². The lowest BCUT2D eigenvalue weighted by Crippen LogP contribution is -2.07. The number of aromatic nitrogens is 1. The summed E-state index contributed by atoms with van der Waals surface area (Å²) >= 11 is 0. The van der Waals surface area contributed by atoms with Gasteiger partial charge >= 0.3 is 0 Å². The van der Waals surface area contributed by atoms with Crippen molar-refractivity contribution in [3.05, 3.63) is 76.5 Å². The van der Waals surface area contributed by atoms with Crippen LogP contribution in [0.3, 0.4) is 0 Å². The summed E-state index contributed by atoms with van der Waals surface area (Å²) in [7, 11) is 0. The highest BCUT2D eigenvalue weighted by Crippen LogP contribution is 2.44. The van der Waals surface area contributed by atoms with Crippen molar-refractivity contribution in [2.45, 2.75) is 58.1 Å². The lowest BCUT2D eigenvalue weighted by molar-refractivity contribution is 0.442. The molecule has 0 radical (unpaired) electrons. The Labute approximate surface area is 172 Å². The van der Waals surface area contributed by atoms with E-state index in [4.69, 9.17) is 9.60 Å². The quantitative estimate of drug-likeness (QED) is 0.375. The van der Waals surface area contributed by atoms with E-state index in [2.05, 4.69) is 4.98 Å². The van der Waals surface area contributed by atoms with Gasteiger partial charge in [0.2, 0.25) is 0 Å². The molecule has 0 N–H and O–H groups in total. The molecule has 0 aliphatic heterocycles. The van der Waals surface area contributed by atoms with E-state index in [0.717, 1.165) is 47.1 Å². The van der Waals surface area contributed by atoms with Crippen molar-refractivity contribution in [1.29, 1.82) is 0 Å². The van der Waals surface area contributed by atoms with Crippen LogP contribution < -0.4 is 0 Å². The molecule has 2 aliphatic rings. The van der Waals surface area contributed by atoms with E-state index in [-0.39, 0.29) is 5.56 Å². The van der Waals surface area contributed by atoms with Crippen LogP contribution in [0.4, 0.5) is 0 Å². The van der Waals surface area contributed by atoms with E-state index in [9.17, 15) is 0 Å². The smallest absolute Gasteiger partial charge is 0.0708 e. The zero-order chi connectivity index (χ0) is 24.3. The van der Waals surface area contributed by atoms with Crippen LogP contribution in [0.2, 0.25) is 0 Å². The topological polar surface area (TPSA) is 12.9 Å². The maximum Gasteiger partial charge on any atom is 0.0708 e. The molecule has 1 saturated carbocycles. The largest absolute Gasteiger partial charge is 0.256 e. The third-order valence-electron chi connectivity index (χ3n) is 5.98. The Bertz CT molecular complexity index is 1250. The summed E-state index contributed by atoms with van der Waals surface area (Å²) in [6, 6.07) is 13.1. The molecule has 136 valence electrons. The second-order valence-corrected chi connectivity index (χ2v) is 7.63. The molecule has 0 spiro atoms. The molecule has 5 rings (SSSR count). The van der Waals surface area contributed by atoms with E-state index in [1.807, 2.05) is 24.3 Å². The third-order valence-corrected chi connectivity index (χ3v) is 5.98. The Morgan fingerprint density at radius 3 is 2.67 bits per heavy atom. The highest BCUT2D eigenvalue weighted by molar-refractivity contribution is 5.86. The molecule has 0 atom stereocenters. The summed E-state index contributed by atoms with van der Waals surface area (Å²) in [5.41, 5.74) is 6.02. The molecular weight excluding hydrogens is 326 g/mol. The van der Waals surface area contributed by atoms with Crippen LogP contribution in [-0.2, 0) is 6.42 Å². The molecule has 3 aromatic rings. The molecule has 1 heterocycles. The summed E-state index contributed by atoms with van der Waals surface area (Å²) in [6.45, 7) is -4.60. The van der Waals surface area contributed by atoms with E-state index in [1.165, 1.54) is 6.20 Å². The van der Waals surface area contributed by atoms with Gasteiger partial charge in [-0.2, -0.15) is 0 Å². The first-order chi connectivity index (χ1) is 16.0. The second kappa shape index (κ2) is 6.64. The van der Waals surface area contributed by atoms with Crippen LogP contribution in [0.1, 0.15) is 75.4 Å². The van der Waals surface area contributed by atoms with Gasteiger partial charge in [0.25, 0.3) is 0 Å². The molecule has 2 aromatic carbocycles. The fourth-order valence-corrected chi connectivity index (χ4v) is 4.63. The number of benzene rings is 2. The predicted molar refractivity (Wildman–Crippen MR) is 113 cm³/mol. The van der Waals surface area contributed by atoms with Gasteiger partial charge < -0.3 is 0 Å². The van der Waals surface area contributed by atoms with E-state index in [1.54, 1.807) is 18.2 Å². The fourth-order valence-electron chi connectivity index (χ4n) is 4.63. The summed E-state index contributed by atoms with van der Waals surface area (Å²) in [5.74, 6) is -0.954. The van der Waals surface area contributed by atoms with Gasteiger partial charge in [-0.05, 0) is 83.9 Å². The minimum atomic E-state index is -2.35. The van der Waals surface area contributed by atoms with Gasteiger partial charge in [0.1, 0.15) is 0 Å². The Hall–Kier alpha value is -2.41. The van der Waals surface area contributed by atoms with Crippen molar-refractivity contribution in [2.24, 2.45) is 0 Å². The number of rotatable bonds is 2. The lowest BCUT2D eigenvalue weighted by Gasteiger charge is -2.24. The Balaban J connectivity index is 1.72. The Morgan fingerprint density at radius 1 is 0.963 bits per heavy atom. The average molecular weight is 361 g/mol. The highest BCUT2D eigenvalue weighted by Gasteiger charge is 2.24. The summed E-state index contributed by atoms with van der Waals surface area (Å²) < 4.78 is 57.5. The van der Waals surface area contributed by atoms with Crippen molar-refractivity contribution in [3.63, 3.8) is 0 Å². The first kappa shape index (κ1) is 10.8. The van der Waals surface area contributed by atoms with Crippen molar-refractivity contribution in [3.8, 4) is 22.4 Å². The van der Waals surface area contributed by atoms with E-state index < -0.39 is 19.6 Å². The molecule has 1 nitrogen and oxygen atoms in total. The maximum absolute atomic E-state index is 9.16. The lowest BCUT2D eigenvalue weighted by atomic mass is 9.82. The summed E-state index contributed by atoms with van der Waals surface area (Å²) in [4.78, 5) is 4.55. The zero-order valence-corrected chi connectivity index (χ0v) is 15.3. The van der Waals surface area contributed by atoms with Gasteiger partial charge in [-0.15, -0.1) is 0 Å². The van der Waals surface area contributed by atoms with Crippen molar-refractivity contribution >= 4 is 0 Å². The minimum Gasteiger partial charge on any atom is -0.256 e. The molecule has 1 heteroatoms. The molecular formula is C26H27N. The summed E-state index contributed by atoms with van der Waals surface area (Å²) in [5, 5.41) is 0. The van der Waals surface area contributed by atoms with Crippen LogP contribution in [0.25, 0.3) is 22.4 Å². The van der Waals surface area contributed by atoms with Gasteiger partial charge in [0, 0.05) is 21.4 Å². The van der Waals surface area contributed by atoms with E-state index in [0.29, 0.717) is 36.1 Å². The average Bonchev–Trinajstić information content (AvgIpc) is 3.17. The molecule has 27 heavy (non-hydrogen) atoms. The van der Waals surface area contributed by atoms with Gasteiger partial charge in [-0.3, -0.25) is 4.98 Å². The zero-order valence-electron chi connectivity index (χ0n) is 22.3. The number of nitrogens with zero attached hydrogens (tertiary/aromatic N) is 1. The van der Waals surface area contributed by atoms with Gasteiger partial charge in [0.15, 0.2) is 0 Å². The minimum absolute atomic E-state index is 0.146. The van der Waals surface area contributed by atoms with Crippen LogP contribution in [0.5, 0.6) is 0 Å². The third kappa shape index (κ3) is 2.81. The number of aryl methyl sites for hydroxylation is 2. The molecule has 0 unspecified atom stereocenters. The normalized spacial score (nSPS) is 22.1. The number of fused-ring (bicyclic) bond motifs is 3. The number of pyridine rings is 1. The van der Waals surface area contributed by atoms with E-state index >= 15 is 0 Å². The Kier molecular flexibility index (Phi) is 2.66. The monoisotopic (exact) mass is 360 g/mol. The molecule has 1 aromatic heterocycles. The van der Waals surface area contributed by atoms with Gasteiger partial charge in [-0.1, -0.05) is 55.7 Å². The molecule has 0 saturated heterocycles. The summed E-state index contributed by atoms with van der Waals surface area (Å²) in [6.07, 6.45) is 6.12. The van der Waals surface area contributed by atoms with Crippen LogP contribution in [0.15, 0.2) is 48.7 Å².